The van der Waals surface area contributed by atoms with Gasteiger partial charge in [-0.2, -0.15) is 0 Å². The van der Waals surface area contributed by atoms with Crippen LogP contribution in [0.15, 0.2) is 0 Å². The molecule has 0 N–H and O–H groups in total. The molecule has 3 aliphatic rings. The van der Waals surface area contributed by atoms with Crippen LogP contribution in [0.1, 0.15) is 79.6 Å². The third-order valence-corrected chi connectivity index (χ3v) is 7.52. The van der Waals surface area contributed by atoms with Crippen molar-refractivity contribution in [3.05, 3.63) is 0 Å². The monoisotopic (exact) mass is 292 g/mol. The van der Waals surface area contributed by atoms with Crippen molar-refractivity contribution in [3.63, 3.8) is 0 Å². The molecular formula is C19H32O2. The standard InChI is InChI=1S/C19H32O2/c1-6-13(2)16(20)21-18(5)10-11-19-9-7-8-14(19)17(3,4)15(18)12-19/h13-15H,6-12H2,1-5H3/t13?,14?,15?,18-,19+/m1/s1. The van der Waals surface area contributed by atoms with Crippen LogP contribution in [0.3, 0.4) is 0 Å². The summed E-state index contributed by atoms with van der Waals surface area (Å²) in [6.07, 6.45) is 8.70. The van der Waals surface area contributed by atoms with E-state index in [1.165, 1.54) is 32.1 Å². The van der Waals surface area contributed by atoms with Gasteiger partial charge in [-0.3, -0.25) is 4.79 Å². The van der Waals surface area contributed by atoms with Gasteiger partial charge < -0.3 is 4.74 Å². The van der Waals surface area contributed by atoms with Gasteiger partial charge in [0.2, 0.25) is 0 Å². The molecule has 2 nitrogen and oxygen atoms in total. The molecule has 0 heterocycles. The van der Waals surface area contributed by atoms with Crippen molar-refractivity contribution >= 4 is 5.97 Å². The van der Waals surface area contributed by atoms with Gasteiger partial charge in [-0.15, -0.1) is 0 Å². The van der Waals surface area contributed by atoms with Crippen molar-refractivity contribution in [2.75, 3.05) is 0 Å². The van der Waals surface area contributed by atoms with E-state index in [1.807, 2.05) is 6.92 Å². The first kappa shape index (κ1) is 15.4. The highest BCUT2D eigenvalue weighted by atomic mass is 16.6. The number of carbonyl (C=O) groups excluding carboxylic acids is 1. The Kier molecular flexibility index (Phi) is 3.46. The minimum Gasteiger partial charge on any atom is -0.459 e. The van der Waals surface area contributed by atoms with E-state index in [2.05, 4.69) is 27.7 Å². The van der Waals surface area contributed by atoms with Crippen LogP contribution in [-0.4, -0.2) is 11.6 Å². The molecule has 3 rings (SSSR count). The SMILES string of the molecule is CCC(C)C(=O)O[C@]1(C)CC[C@]23CCCC2C(C)(C)C1C3. The lowest BCUT2D eigenvalue weighted by Gasteiger charge is -2.46. The smallest absolute Gasteiger partial charge is 0.309 e. The predicted molar refractivity (Wildman–Crippen MR) is 84.8 cm³/mol. The first-order valence-electron chi connectivity index (χ1n) is 8.98. The molecule has 0 aromatic heterocycles. The Morgan fingerprint density at radius 3 is 2.57 bits per heavy atom. The minimum atomic E-state index is -0.237. The fourth-order valence-electron chi connectivity index (χ4n) is 6.15. The summed E-state index contributed by atoms with van der Waals surface area (Å²) in [7, 11) is 0. The Hall–Kier alpha value is -0.530. The third-order valence-electron chi connectivity index (χ3n) is 7.52. The van der Waals surface area contributed by atoms with E-state index in [4.69, 9.17) is 4.74 Å². The van der Waals surface area contributed by atoms with Crippen LogP contribution in [0.2, 0.25) is 0 Å². The fraction of sp³-hybridized carbons (Fsp3) is 0.947. The van der Waals surface area contributed by atoms with Crippen molar-refractivity contribution in [1.82, 2.24) is 0 Å². The summed E-state index contributed by atoms with van der Waals surface area (Å²) in [4.78, 5) is 12.4. The topological polar surface area (TPSA) is 26.3 Å². The lowest BCUT2D eigenvalue weighted by Crippen LogP contribution is -2.47. The zero-order valence-corrected chi connectivity index (χ0v) is 14.5. The van der Waals surface area contributed by atoms with Crippen molar-refractivity contribution in [3.8, 4) is 0 Å². The second-order valence-corrected chi connectivity index (χ2v) is 8.93. The van der Waals surface area contributed by atoms with E-state index >= 15 is 0 Å². The summed E-state index contributed by atoms with van der Waals surface area (Å²) in [5, 5.41) is 0. The van der Waals surface area contributed by atoms with Crippen LogP contribution >= 0.6 is 0 Å². The fourth-order valence-corrected chi connectivity index (χ4v) is 6.15. The van der Waals surface area contributed by atoms with Crippen LogP contribution in [0, 0.1) is 28.6 Å². The van der Waals surface area contributed by atoms with Gasteiger partial charge in [-0.25, -0.2) is 0 Å². The molecule has 3 unspecified atom stereocenters. The molecule has 5 atom stereocenters. The van der Waals surface area contributed by atoms with E-state index in [1.54, 1.807) is 0 Å². The molecule has 0 radical (unpaired) electrons. The summed E-state index contributed by atoms with van der Waals surface area (Å²) in [6.45, 7) is 11.2. The number of esters is 1. The molecular weight excluding hydrogens is 260 g/mol. The Balaban J connectivity index is 1.85. The van der Waals surface area contributed by atoms with Gasteiger partial charge in [0.05, 0.1) is 5.92 Å². The van der Waals surface area contributed by atoms with E-state index < -0.39 is 0 Å². The molecule has 3 fully saturated rings. The summed E-state index contributed by atoms with van der Waals surface area (Å²) in [5.74, 6) is 1.43. The van der Waals surface area contributed by atoms with Crippen molar-refractivity contribution < 1.29 is 9.53 Å². The van der Waals surface area contributed by atoms with Crippen molar-refractivity contribution in [2.24, 2.45) is 28.6 Å². The molecule has 0 aromatic carbocycles. The number of rotatable bonds is 3. The largest absolute Gasteiger partial charge is 0.459 e. The minimum absolute atomic E-state index is 0.0174. The van der Waals surface area contributed by atoms with Gasteiger partial charge in [-0.05, 0) is 62.2 Å². The first-order valence-corrected chi connectivity index (χ1v) is 8.98. The van der Waals surface area contributed by atoms with Gasteiger partial charge in [0.1, 0.15) is 5.60 Å². The number of hydrogen-bond acceptors (Lipinski definition) is 2. The van der Waals surface area contributed by atoms with E-state index in [9.17, 15) is 4.79 Å². The Morgan fingerprint density at radius 2 is 1.90 bits per heavy atom. The average molecular weight is 292 g/mol. The summed E-state index contributed by atoms with van der Waals surface area (Å²) in [5.41, 5.74) is 0.660. The molecule has 0 aromatic rings. The van der Waals surface area contributed by atoms with Crippen molar-refractivity contribution in [1.29, 1.82) is 0 Å². The number of fused-ring (bicyclic) bond motifs is 1. The molecule has 0 aliphatic heterocycles. The van der Waals surface area contributed by atoms with E-state index in [0.717, 1.165) is 18.8 Å². The van der Waals surface area contributed by atoms with Gasteiger partial charge >= 0.3 is 5.97 Å². The van der Waals surface area contributed by atoms with Crippen LogP contribution in [0.5, 0.6) is 0 Å². The first-order chi connectivity index (χ1) is 9.75. The van der Waals surface area contributed by atoms with Crippen LogP contribution in [-0.2, 0) is 9.53 Å². The number of ether oxygens (including phenoxy) is 1. The predicted octanol–water partition coefficient (Wildman–Crippen LogP) is 4.96. The van der Waals surface area contributed by atoms with Gasteiger partial charge in [-0.1, -0.05) is 34.1 Å². The lowest BCUT2D eigenvalue weighted by molar-refractivity contribution is -0.177. The Bertz CT molecular complexity index is 441. The molecule has 0 saturated heterocycles. The maximum atomic E-state index is 12.4. The molecule has 3 aliphatic carbocycles. The molecule has 2 bridgehead atoms. The summed E-state index contributed by atoms with van der Waals surface area (Å²) in [6, 6.07) is 0. The molecule has 120 valence electrons. The Morgan fingerprint density at radius 1 is 1.19 bits per heavy atom. The normalized spacial score (nSPS) is 45.2. The highest BCUT2D eigenvalue weighted by Gasteiger charge is 2.67. The summed E-state index contributed by atoms with van der Waals surface area (Å²) >= 11 is 0. The number of carbonyl (C=O) groups is 1. The third kappa shape index (κ3) is 2.08. The second-order valence-electron chi connectivity index (χ2n) is 8.93. The molecule has 1 spiro atoms. The molecule has 3 saturated carbocycles. The maximum Gasteiger partial charge on any atom is 0.309 e. The zero-order valence-electron chi connectivity index (χ0n) is 14.5. The zero-order chi connectivity index (χ0) is 15.5. The second kappa shape index (κ2) is 4.73. The maximum absolute atomic E-state index is 12.4. The van der Waals surface area contributed by atoms with Crippen LogP contribution < -0.4 is 0 Å². The quantitative estimate of drug-likeness (QED) is 0.687. The molecule has 21 heavy (non-hydrogen) atoms. The average Bonchev–Trinajstić information content (AvgIpc) is 2.92. The molecule has 0 amide bonds. The lowest BCUT2D eigenvalue weighted by atomic mass is 9.66. The van der Waals surface area contributed by atoms with Crippen molar-refractivity contribution in [2.45, 2.75) is 85.2 Å². The van der Waals surface area contributed by atoms with E-state index in [0.29, 0.717) is 16.7 Å². The highest BCUT2D eigenvalue weighted by Crippen LogP contribution is 2.72. The van der Waals surface area contributed by atoms with Gasteiger partial charge in [0.15, 0.2) is 0 Å². The van der Waals surface area contributed by atoms with E-state index in [-0.39, 0.29) is 17.5 Å². The Labute approximate surface area is 130 Å². The molecule has 2 heteroatoms. The van der Waals surface area contributed by atoms with Gasteiger partial charge in [0.25, 0.3) is 0 Å². The highest BCUT2D eigenvalue weighted by molar-refractivity contribution is 5.72. The van der Waals surface area contributed by atoms with Crippen LogP contribution in [0.25, 0.3) is 0 Å². The number of hydrogen-bond donors (Lipinski definition) is 0. The summed E-state index contributed by atoms with van der Waals surface area (Å²) < 4.78 is 6.12. The van der Waals surface area contributed by atoms with Gasteiger partial charge in [0, 0.05) is 5.92 Å². The van der Waals surface area contributed by atoms with Crippen LogP contribution in [0.4, 0.5) is 0 Å².